The van der Waals surface area contributed by atoms with Crippen LogP contribution in [0.25, 0.3) is 6.08 Å². The van der Waals surface area contributed by atoms with E-state index >= 15 is 0 Å². The number of furan rings is 1. The Labute approximate surface area is 145 Å². The second-order valence-corrected chi connectivity index (χ2v) is 6.00. The first kappa shape index (κ1) is 15.5. The molecule has 1 fully saturated rings. The lowest BCUT2D eigenvalue weighted by atomic mass is 10.1. The Bertz CT molecular complexity index is 853. The molecule has 3 rings (SSSR count). The Morgan fingerprint density at radius 2 is 1.96 bits per heavy atom. The van der Waals surface area contributed by atoms with E-state index in [2.05, 4.69) is 5.32 Å². The summed E-state index contributed by atoms with van der Waals surface area (Å²) in [6.07, 6.45) is 1.33. The number of benzene rings is 1. The molecule has 2 aromatic rings. The van der Waals surface area contributed by atoms with Gasteiger partial charge >= 0.3 is 6.03 Å². The molecule has 116 valence electrons. The van der Waals surface area contributed by atoms with Crippen LogP contribution in [-0.4, -0.2) is 17.8 Å². The number of halogens is 1. The molecule has 0 bridgehead atoms. The lowest BCUT2D eigenvalue weighted by Crippen LogP contribution is -2.54. The number of urea groups is 1. The van der Waals surface area contributed by atoms with Crippen LogP contribution in [0.2, 0.25) is 0 Å². The predicted molar refractivity (Wildman–Crippen MR) is 91.6 cm³/mol. The molecule has 23 heavy (non-hydrogen) atoms. The van der Waals surface area contributed by atoms with Gasteiger partial charge in [0.05, 0.1) is 5.69 Å². The van der Waals surface area contributed by atoms with Gasteiger partial charge in [-0.05, 0) is 65.4 Å². The molecule has 4 amide bonds. The van der Waals surface area contributed by atoms with Crippen molar-refractivity contribution < 1.29 is 18.8 Å². The van der Waals surface area contributed by atoms with Crippen LogP contribution in [0.15, 0.2) is 46.4 Å². The SMILES string of the molecule is Cc1cccc(N2C(=O)NC(=O)/C(=C/c3ccc(I)o3)C2=O)c1. The minimum absolute atomic E-state index is 0.156. The first-order valence-electron chi connectivity index (χ1n) is 6.69. The zero-order valence-electron chi connectivity index (χ0n) is 12.0. The van der Waals surface area contributed by atoms with Crippen molar-refractivity contribution in [1.82, 2.24) is 5.32 Å². The third-order valence-corrected chi connectivity index (χ3v) is 3.82. The maximum Gasteiger partial charge on any atom is 0.335 e. The summed E-state index contributed by atoms with van der Waals surface area (Å²) in [6, 6.07) is 9.50. The number of imide groups is 2. The Morgan fingerprint density at radius 1 is 1.17 bits per heavy atom. The average molecular weight is 422 g/mol. The second-order valence-electron chi connectivity index (χ2n) is 4.94. The van der Waals surface area contributed by atoms with E-state index in [4.69, 9.17) is 4.42 Å². The molecule has 0 spiro atoms. The third kappa shape index (κ3) is 3.04. The molecule has 1 N–H and O–H groups in total. The lowest BCUT2D eigenvalue weighted by Gasteiger charge is -2.26. The molecular weight excluding hydrogens is 411 g/mol. The van der Waals surface area contributed by atoms with Gasteiger partial charge in [0, 0.05) is 0 Å². The summed E-state index contributed by atoms with van der Waals surface area (Å²) >= 11 is 1.98. The predicted octanol–water partition coefficient (Wildman–Crippen LogP) is 2.86. The van der Waals surface area contributed by atoms with Crippen molar-refractivity contribution in [3.8, 4) is 0 Å². The minimum atomic E-state index is -0.767. The van der Waals surface area contributed by atoms with Crippen LogP contribution < -0.4 is 10.2 Å². The van der Waals surface area contributed by atoms with Crippen molar-refractivity contribution in [3.05, 3.63) is 57.1 Å². The smallest absolute Gasteiger partial charge is 0.335 e. The van der Waals surface area contributed by atoms with Crippen molar-refractivity contribution in [1.29, 1.82) is 0 Å². The van der Waals surface area contributed by atoms with E-state index in [9.17, 15) is 14.4 Å². The first-order chi connectivity index (χ1) is 11.0. The van der Waals surface area contributed by atoms with Gasteiger partial charge in [-0.2, -0.15) is 0 Å². The molecule has 2 heterocycles. The zero-order valence-corrected chi connectivity index (χ0v) is 14.2. The van der Waals surface area contributed by atoms with Gasteiger partial charge in [0.1, 0.15) is 11.3 Å². The maximum atomic E-state index is 12.6. The number of aryl methyl sites for hydroxylation is 1. The maximum absolute atomic E-state index is 12.6. The van der Waals surface area contributed by atoms with Gasteiger partial charge in [-0.3, -0.25) is 14.9 Å². The zero-order chi connectivity index (χ0) is 16.6. The molecule has 0 atom stereocenters. The van der Waals surface area contributed by atoms with Gasteiger partial charge in [-0.15, -0.1) is 0 Å². The Balaban J connectivity index is 2.02. The van der Waals surface area contributed by atoms with Crippen LogP contribution in [0.3, 0.4) is 0 Å². The molecule has 6 nitrogen and oxygen atoms in total. The second kappa shape index (κ2) is 5.99. The molecule has 1 saturated heterocycles. The molecule has 7 heteroatoms. The van der Waals surface area contributed by atoms with Gasteiger partial charge < -0.3 is 4.42 Å². The van der Waals surface area contributed by atoms with Crippen LogP contribution in [0.5, 0.6) is 0 Å². The summed E-state index contributed by atoms with van der Waals surface area (Å²) in [5.41, 5.74) is 1.14. The van der Waals surface area contributed by atoms with Crippen molar-refractivity contribution in [2.24, 2.45) is 0 Å². The van der Waals surface area contributed by atoms with Crippen LogP contribution in [0, 0.1) is 10.7 Å². The molecule has 0 unspecified atom stereocenters. The number of nitrogens with one attached hydrogen (secondary N) is 1. The number of rotatable bonds is 2. The van der Waals surface area contributed by atoms with Crippen molar-refractivity contribution in [2.75, 3.05) is 4.90 Å². The fourth-order valence-electron chi connectivity index (χ4n) is 2.21. The Hall–Kier alpha value is -2.42. The van der Waals surface area contributed by atoms with Crippen LogP contribution in [0.4, 0.5) is 10.5 Å². The van der Waals surface area contributed by atoms with Crippen molar-refractivity contribution >= 4 is 52.2 Å². The fraction of sp³-hybridized carbons (Fsp3) is 0.0625. The number of carbonyl (C=O) groups excluding carboxylic acids is 3. The van der Waals surface area contributed by atoms with E-state index in [0.29, 0.717) is 15.2 Å². The number of amides is 4. The average Bonchev–Trinajstić information content (AvgIpc) is 2.89. The van der Waals surface area contributed by atoms with E-state index in [1.807, 2.05) is 35.6 Å². The highest BCUT2D eigenvalue weighted by Gasteiger charge is 2.37. The van der Waals surface area contributed by atoms with Crippen LogP contribution in [0.1, 0.15) is 11.3 Å². The number of hydrogen-bond acceptors (Lipinski definition) is 4. The van der Waals surface area contributed by atoms with Crippen molar-refractivity contribution in [2.45, 2.75) is 6.92 Å². The van der Waals surface area contributed by atoms with Crippen LogP contribution >= 0.6 is 22.6 Å². The number of carbonyl (C=O) groups is 3. The lowest BCUT2D eigenvalue weighted by molar-refractivity contribution is -0.122. The van der Waals surface area contributed by atoms with E-state index in [-0.39, 0.29) is 5.57 Å². The largest absolute Gasteiger partial charge is 0.451 e. The molecule has 0 radical (unpaired) electrons. The standard InChI is InChI=1S/C16H11IN2O4/c1-9-3-2-4-10(7-9)19-15(21)12(14(20)18-16(19)22)8-11-5-6-13(17)23-11/h2-8H,1H3,(H,18,20,22)/b12-8-. The number of barbiturate groups is 1. The van der Waals surface area contributed by atoms with Gasteiger partial charge in [0.2, 0.25) is 0 Å². The van der Waals surface area contributed by atoms with Crippen molar-refractivity contribution in [3.63, 3.8) is 0 Å². The molecular formula is C16H11IN2O4. The minimum Gasteiger partial charge on any atom is -0.451 e. The normalized spacial score (nSPS) is 16.9. The molecule has 1 aliphatic heterocycles. The summed E-state index contributed by atoms with van der Waals surface area (Å²) in [6.45, 7) is 1.85. The molecule has 1 aromatic carbocycles. The number of anilines is 1. The summed E-state index contributed by atoms with van der Waals surface area (Å²) in [4.78, 5) is 37.6. The van der Waals surface area contributed by atoms with Gasteiger partial charge in [-0.1, -0.05) is 12.1 Å². The van der Waals surface area contributed by atoms with Crippen LogP contribution in [-0.2, 0) is 9.59 Å². The Morgan fingerprint density at radius 3 is 2.61 bits per heavy atom. The van der Waals surface area contributed by atoms with E-state index < -0.39 is 17.8 Å². The highest BCUT2D eigenvalue weighted by Crippen LogP contribution is 2.23. The fourth-order valence-corrected chi connectivity index (χ4v) is 2.64. The summed E-state index contributed by atoms with van der Waals surface area (Å²) in [5, 5.41) is 2.17. The highest BCUT2D eigenvalue weighted by molar-refractivity contribution is 14.1. The first-order valence-corrected chi connectivity index (χ1v) is 7.77. The molecule has 1 aliphatic rings. The Kier molecular flexibility index (Phi) is 4.03. The quantitative estimate of drug-likeness (QED) is 0.459. The van der Waals surface area contributed by atoms with E-state index in [1.54, 1.807) is 30.3 Å². The van der Waals surface area contributed by atoms with Gasteiger partial charge in [-0.25, -0.2) is 9.69 Å². The van der Waals surface area contributed by atoms with E-state index in [0.717, 1.165) is 10.5 Å². The monoisotopic (exact) mass is 422 g/mol. The van der Waals surface area contributed by atoms with Gasteiger partial charge in [0.25, 0.3) is 11.8 Å². The molecule has 0 aliphatic carbocycles. The molecule has 0 saturated carbocycles. The summed E-state index contributed by atoms with van der Waals surface area (Å²) in [5.74, 6) is -1.06. The third-order valence-electron chi connectivity index (χ3n) is 3.24. The molecule has 1 aromatic heterocycles. The topological polar surface area (TPSA) is 79.6 Å². The number of hydrogen-bond donors (Lipinski definition) is 1. The van der Waals surface area contributed by atoms with E-state index in [1.165, 1.54) is 6.08 Å². The summed E-state index contributed by atoms with van der Waals surface area (Å²) < 4.78 is 5.97. The summed E-state index contributed by atoms with van der Waals surface area (Å²) in [7, 11) is 0. The highest BCUT2D eigenvalue weighted by atomic mass is 127. The van der Waals surface area contributed by atoms with Gasteiger partial charge in [0.15, 0.2) is 3.77 Å². The number of nitrogens with zero attached hydrogens (tertiary/aromatic N) is 1.